The number of para-hydroxylation sites is 4. The lowest BCUT2D eigenvalue weighted by Gasteiger charge is -2.12. The van der Waals surface area contributed by atoms with Crippen LogP contribution in [-0.4, -0.2) is 29.2 Å². The largest absolute Gasteiger partial charge is 0.493 e. The first-order valence-corrected chi connectivity index (χ1v) is 12.8. The number of imidazole rings is 1. The maximum absolute atomic E-state index is 12.8. The number of carbonyl (C=O) groups excluding carboxylic acids is 1. The molecule has 1 N–H and O–H groups in total. The van der Waals surface area contributed by atoms with Crippen LogP contribution >= 0.6 is 0 Å². The van der Waals surface area contributed by atoms with E-state index in [-0.39, 0.29) is 5.91 Å². The fourth-order valence-corrected chi connectivity index (χ4v) is 4.52. The quantitative estimate of drug-likeness (QED) is 0.222. The van der Waals surface area contributed by atoms with Crippen molar-refractivity contribution in [1.29, 1.82) is 0 Å². The number of methoxy groups -OCH3 is 1. The Morgan fingerprint density at radius 3 is 2.29 bits per heavy atom. The van der Waals surface area contributed by atoms with Gasteiger partial charge in [-0.1, -0.05) is 78.9 Å². The minimum absolute atomic E-state index is 0.0319. The van der Waals surface area contributed by atoms with E-state index in [0.717, 1.165) is 58.0 Å². The maximum atomic E-state index is 12.8. The van der Waals surface area contributed by atoms with E-state index in [1.165, 1.54) is 0 Å². The molecule has 0 unspecified atom stereocenters. The normalized spacial score (nSPS) is 10.9. The topological polar surface area (TPSA) is 65.4 Å². The molecule has 192 valence electrons. The van der Waals surface area contributed by atoms with Gasteiger partial charge in [0.2, 0.25) is 5.91 Å². The van der Waals surface area contributed by atoms with Gasteiger partial charge in [0.15, 0.2) is 11.5 Å². The summed E-state index contributed by atoms with van der Waals surface area (Å²) in [4.78, 5) is 17.6. The van der Waals surface area contributed by atoms with Gasteiger partial charge in [-0.3, -0.25) is 4.79 Å². The van der Waals surface area contributed by atoms with E-state index in [1.807, 2.05) is 72.8 Å². The van der Waals surface area contributed by atoms with Crippen molar-refractivity contribution in [1.82, 2.24) is 14.9 Å². The Bertz CT molecular complexity index is 1490. The summed E-state index contributed by atoms with van der Waals surface area (Å²) in [5.41, 5.74) is 5.24. The molecule has 0 aliphatic heterocycles. The summed E-state index contributed by atoms with van der Waals surface area (Å²) in [6, 6.07) is 34.0. The standard InChI is InChI=1S/C32H31N3O3/c1-37-29-14-7-8-15-30(29)38-21-9-20-35-28-13-6-5-12-27(28)34-31(35)23-33-32(36)22-24-16-18-26(19-17-24)25-10-3-2-4-11-25/h2-8,10-19H,9,20-23H2,1H3,(H,33,36). The van der Waals surface area contributed by atoms with Crippen LogP contribution in [0.2, 0.25) is 0 Å². The number of benzene rings is 4. The summed E-state index contributed by atoms with van der Waals surface area (Å²) in [5, 5.41) is 3.06. The molecule has 0 radical (unpaired) electrons. The van der Waals surface area contributed by atoms with Crippen LogP contribution in [0.4, 0.5) is 0 Å². The minimum atomic E-state index is -0.0319. The fraction of sp³-hybridized carbons (Fsp3) is 0.188. The molecule has 0 aliphatic carbocycles. The molecule has 5 rings (SSSR count). The Balaban J connectivity index is 1.19. The molecular formula is C32H31N3O3. The van der Waals surface area contributed by atoms with Crippen LogP contribution in [0.1, 0.15) is 17.8 Å². The first-order chi connectivity index (χ1) is 18.7. The van der Waals surface area contributed by atoms with E-state index in [1.54, 1.807) is 7.11 Å². The summed E-state index contributed by atoms with van der Waals surface area (Å²) in [6.45, 7) is 1.63. The summed E-state index contributed by atoms with van der Waals surface area (Å²) in [7, 11) is 1.64. The van der Waals surface area contributed by atoms with Gasteiger partial charge in [0.1, 0.15) is 5.82 Å². The highest BCUT2D eigenvalue weighted by atomic mass is 16.5. The van der Waals surface area contributed by atoms with Gasteiger partial charge in [0.25, 0.3) is 0 Å². The summed E-state index contributed by atoms with van der Waals surface area (Å²) >= 11 is 0. The lowest BCUT2D eigenvalue weighted by atomic mass is 10.0. The highest BCUT2D eigenvalue weighted by Crippen LogP contribution is 2.26. The monoisotopic (exact) mass is 505 g/mol. The van der Waals surface area contributed by atoms with Crippen LogP contribution in [0.25, 0.3) is 22.2 Å². The molecule has 0 saturated carbocycles. The molecule has 1 amide bonds. The Morgan fingerprint density at radius 1 is 0.816 bits per heavy atom. The molecule has 4 aromatic carbocycles. The summed E-state index contributed by atoms with van der Waals surface area (Å²) < 4.78 is 13.5. The van der Waals surface area contributed by atoms with Crippen molar-refractivity contribution in [2.45, 2.75) is 25.9 Å². The van der Waals surface area contributed by atoms with Crippen molar-refractivity contribution in [3.05, 3.63) is 115 Å². The first kappa shape index (κ1) is 25.1. The molecular weight excluding hydrogens is 474 g/mol. The highest BCUT2D eigenvalue weighted by molar-refractivity contribution is 5.79. The zero-order valence-corrected chi connectivity index (χ0v) is 21.5. The predicted molar refractivity (Wildman–Crippen MR) is 150 cm³/mol. The van der Waals surface area contributed by atoms with Crippen molar-refractivity contribution in [3.8, 4) is 22.6 Å². The van der Waals surface area contributed by atoms with Crippen LogP contribution in [-0.2, 0) is 24.3 Å². The number of rotatable bonds is 11. The molecule has 1 heterocycles. The highest BCUT2D eigenvalue weighted by Gasteiger charge is 2.12. The number of fused-ring (bicyclic) bond motifs is 1. The van der Waals surface area contributed by atoms with E-state index in [4.69, 9.17) is 14.5 Å². The van der Waals surface area contributed by atoms with Crippen molar-refractivity contribution in [2.75, 3.05) is 13.7 Å². The van der Waals surface area contributed by atoms with Gasteiger partial charge >= 0.3 is 0 Å². The maximum Gasteiger partial charge on any atom is 0.224 e. The zero-order chi connectivity index (χ0) is 26.2. The smallest absolute Gasteiger partial charge is 0.224 e. The number of ether oxygens (including phenoxy) is 2. The molecule has 1 aromatic heterocycles. The SMILES string of the molecule is COc1ccccc1OCCCn1c(CNC(=O)Cc2ccc(-c3ccccc3)cc2)nc2ccccc21. The van der Waals surface area contributed by atoms with Crippen LogP contribution in [0.5, 0.6) is 11.5 Å². The van der Waals surface area contributed by atoms with Crippen molar-refractivity contribution < 1.29 is 14.3 Å². The van der Waals surface area contributed by atoms with Crippen LogP contribution in [0, 0.1) is 0 Å². The number of nitrogens with one attached hydrogen (secondary N) is 1. The lowest BCUT2D eigenvalue weighted by molar-refractivity contribution is -0.120. The van der Waals surface area contributed by atoms with Gasteiger partial charge in [-0.2, -0.15) is 0 Å². The molecule has 38 heavy (non-hydrogen) atoms. The van der Waals surface area contributed by atoms with E-state index in [0.29, 0.717) is 19.6 Å². The molecule has 0 spiro atoms. The first-order valence-electron chi connectivity index (χ1n) is 12.8. The van der Waals surface area contributed by atoms with Crippen LogP contribution < -0.4 is 14.8 Å². The van der Waals surface area contributed by atoms with Gasteiger partial charge in [-0.25, -0.2) is 4.98 Å². The number of nitrogens with zero attached hydrogens (tertiary/aromatic N) is 2. The number of hydrogen-bond donors (Lipinski definition) is 1. The molecule has 0 fully saturated rings. The third-order valence-electron chi connectivity index (χ3n) is 6.46. The average Bonchev–Trinajstić information content (AvgIpc) is 3.32. The van der Waals surface area contributed by atoms with E-state index in [2.05, 4.69) is 40.2 Å². The molecule has 0 bridgehead atoms. The zero-order valence-electron chi connectivity index (χ0n) is 21.5. The van der Waals surface area contributed by atoms with E-state index in [9.17, 15) is 4.79 Å². The van der Waals surface area contributed by atoms with Crippen molar-refractivity contribution >= 4 is 16.9 Å². The van der Waals surface area contributed by atoms with Crippen molar-refractivity contribution in [3.63, 3.8) is 0 Å². The second-order valence-corrected chi connectivity index (χ2v) is 9.04. The number of hydrogen-bond acceptors (Lipinski definition) is 4. The molecule has 5 aromatic rings. The minimum Gasteiger partial charge on any atom is -0.493 e. The van der Waals surface area contributed by atoms with Gasteiger partial charge < -0.3 is 19.4 Å². The summed E-state index contributed by atoms with van der Waals surface area (Å²) in [6.07, 6.45) is 1.11. The molecule has 0 atom stereocenters. The molecule has 0 aliphatic rings. The third kappa shape index (κ3) is 6.03. The van der Waals surface area contributed by atoms with Crippen LogP contribution in [0.3, 0.4) is 0 Å². The number of aromatic nitrogens is 2. The number of amides is 1. The van der Waals surface area contributed by atoms with Gasteiger partial charge in [0.05, 0.1) is 37.7 Å². The second kappa shape index (κ2) is 12.1. The Labute approximate surface area is 222 Å². The Hall–Kier alpha value is -4.58. The van der Waals surface area contributed by atoms with Crippen LogP contribution in [0.15, 0.2) is 103 Å². The number of carbonyl (C=O) groups is 1. The van der Waals surface area contributed by atoms with Gasteiger partial charge in [-0.05, 0) is 47.4 Å². The fourth-order valence-electron chi connectivity index (χ4n) is 4.52. The average molecular weight is 506 g/mol. The molecule has 6 nitrogen and oxygen atoms in total. The van der Waals surface area contributed by atoms with Gasteiger partial charge in [-0.15, -0.1) is 0 Å². The van der Waals surface area contributed by atoms with E-state index < -0.39 is 0 Å². The van der Waals surface area contributed by atoms with Crippen molar-refractivity contribution in [2.24, 2.45) is 0 Å². The predicted octanol–water partition coefficient (Wildman–Crippen LogP) is 6.04. The lowest BCUT2D eigenvalue weighted by Crippen LogP contribution is -2.26. The third-order valence-corrected chi connectivity index (χ3v) is 6.46. The molecule has 0 saturated heterocycles. The van der Waals surface area contributed by atoms with E-state index >= 15 is 0 Å². The molecule has 6 heteroatoms. The summed E-state index contributed by atoms with van der Waals surface area (Å²) in [5.74, 6) is 2.25. The number of aryl methyl sites for hydroxylation is 1. The Morgan fingerprint density at radius 2 is 1.50 bits per heavy atom. The van der Waals surface area contributed by atoms with Gasteiger partial charge in [0, 0.05) is 6.54 Å². The second-order valence-electron chi connectivity index (χ2n) is 9.04. The Kier molecular flexibility index (Phi) is 7.99.